The first-order valence-electron chi connectivity index (χ1n) is 7.39. The number of nitrogens with zero attached hydrogens (tertiary/aromatic N) is 2. The summed E-state index contributed by atoms with van der Waals surface area (Å²) >= 11 is 6.05. The van der Waals surface area contributed by atoms with Crippen molar-refractivity contribution in [2.45, 2.75) is 12.2 Å². The van der Waals surface area contributed by atoms with Gasteiger partial charge < -0.3 is 5.32 Å². The predicted molar refractivity (Wildman–Crippen MR) is 90.4 cm³/mol. The fourth-order valence-electron chi connectivity index (χ4n) is 2.39. The van der Waals surface area contributed by atoms with Crippen molar-refractivity contribution in [1.29, 1.82) is 0 Å². The van der Waals surface area contributed by atoms with Crippen LogP contribution in [0.25, 0.3) is 0 Å². The first-order chi connectivity index (χ1) is 11.9. The summed E-state index contributed by atoms with van der Waals surface area (Å²) in [6.45, 7) is 0. The Labute approximate surface area is 147 Å². The van der Waals surface area contributed by atoms with Gasteiger partial charge in [0.15, 0.2) is 0 Å². The molecule has 25 heavy (non-hydrogen) atoms. The largest absolute Gasteiger partial charge is 0.416 e. The molecule has 0 aliphatic heterocycles. The summed E-state index contributed by atoms with van der Waals surface area (Å²) in [7, 11) is 0. The Morgan fingerprint density at radius 3 is 2.44 bits per heavy atom. The molecule has 2 heterocycles. The summed E-state index contributed by atoms with van der Waals surface area (Å²) in [5.74, 6) is 0.102. The van der Waals surface area contributed by atoms with E-state index in [2.05, 4.69) is 15.3 Å². The second-order valence-electron chi connectivity index (χ2n) is 5.31. The maximum Gasteiger partial charge on any atom is 0.416 e. The van der Waals surface area contributed by atoms with Crippen LogP contribution in [0, 0.1) is 0 Å². The van der Waals surface area contributed by atoms with Crippen LogP contribution in [-0.4, -0.2) is 9.97 Å². The molecule has 0 radical (unpaired) electrons. The van der Waals surface area contributed by atoms with E-state index >= 15 is 0 Å². The Morgan fingerprint density at radius 1 is 0.920 bits per heavy atom. The molecule has 3 aromatic rings. The number of benzene rings is 1. The molecule has 0 saturated heterocycles. The first kappa shape index (κ1) is 17.2. The minimum Gasteiger partial charge on any atom is -0.358 e. The molecule has 0 bridgehead atoms. The quantitative estimate of drug-likeness (QED) is 0.679. The third kappa shape index (κ3) is 4.28. The molecule has 3 nitrogen and oxygen atoms in total. The molecule has 3 rings (SSSR count). The normalized spacial score (nSPS) is 12.6. The van der Waals surface area contributed by atoms with Crippen LogP contribution in [0.2, 0.25) is 5.02 Å². The molecule has 0 amide bonds. The van der Waals surface area contributed by atoms with Crippen molar-refractivity contribution < 1.29 is 13.2 Å². The summed E-state index contributed by atoms with van der Waals surface area (Å²) in [4.78, 5) is 8.29. The third-order valence-corrected chi connectivity index (χ3v) is 3.78. The number of anilines is 1. The lowest BCUT2D eigenvalue weighted by molar-refractivity contribution is -0.137. The highest BCUT2D eigenvalue weighted by Gasteiger charge is 2.31. The van der Waals surface area contributed by atoms with Crippen molar-refractivity contribution in [1.82, 2.24) is 9.97 Å². The molecule has 7 heteroatoms. The van der Waals surface area contributed by atoms with Gasteiger partial charge in [0, 0.05) is 17.4 Å². The molecule has 128 valence electrons. The molecule has 0 spiro atoms. The monoisotopic (exact) mass is 363 g/mol. The second kappa shape index (κ2) is 7.11. The number of hydrogen-bond donors (Lipinski definition) is 1. The Balaban J connectivity index is 1.99. The van der Waals surface area contributed by atoms with Gasteiger partial charge in [-0.3, -0.25) is 4.98 Å². The van der Waals surface area contributed by atoms with E-state index in [-0.39, 0.29) is 5.82 Å². The highest BCUT2D eigenvalue weighted by Crippen LogP contribution is 2.32. The number of halogens is 4. The molecule has 0 saturated carbocycles. The molecular formula is C18H13ClF3N3. The Morgan fingerprint density at radius 2 is 1.76 bits per heavy atom. The number of rotatable bonds is 4. The van der Waals surface area contributed by atoms with Gasteiger partial charge >= 0.3 is 6.18 Å². The van der Waals surface area contributed by atoms with E-state index in [1.54, 1.807) is 42.6 Å². The zero-order valence-electron chi connectivity index (χ0n) is 12.8. The van der Waals surface area contributed by atoms with Gasteiger partial charge in [-0.2, -0.15) is 13.2 Å². The van der Waals surface area contributed by atoms with E-state index in [4.69, 9.17) is 11.6 Å². The lowest BCUT2D eigenvalue weighted by atomic mass is 10.0. The summed E-state index contributed by atoms with van der Waals surface area (Å²) in [5.41, 5.74) is 0.644. The number of nitrogens with one attached hydrogen (secondary N) is 1. The average molecular weight is 364 g/mol. The lowest BCUT2D eigenvalue weighted by Crippen LogP contribution is -2.15. The van der Waals surface area contributed by atoms with E-state index < -0.39 is 17.8 Å². The number of hydrogen-bond acceptors (Lipinski definition) is 3. The summed E-state index contributed by atoms with van der Waals surface area (Å²) in [5, 5.41) is 3.54. The highest BCUT2D eigenvalue weighted by molar-refractivity contribution is 6.30. The van der Waals surface area contributed by atoms with Crippen LogP contribution in [0.15, 0.2) is 67.0 Å². The summed E-state index contributed by atoms with van der Waals surface area (Å²) in [6.07, 6.45) is -1.69. The van der Waals surface area contributed by atoms with Gasteiger partial charge in [0.1, 0.15) is 5.82 Å². The Kier molecular flexibility index (Phi) is 4.90. The van der Waals surface area contributed by atoms with Gasteiger partial charge in [-0.25, -0.2) is 4.98 Å². The van der Waals surface area contributed by atoms with Crippen LogP contribution >= 0.6 is 11.6 Å². The van der Waals surface area contributed by atoms with E-state index in [0.29, 0.717) is 10.7 Å². The first-order valence-corrected chi connectivity index (χ1v) is 7.77. The van der Waals surface area contributed by atoms with Gasteiger partial charge in [-0.15, -0.1) is 0 Å². The van der Waals surface area contributed by atoms with E-state index in [0.717, 1.165) is 23.9 Å². The SMILES string of the molecule is FC(F)(F)c1ccnc(NC(c2cccc(Cl)c2)c2ccccn2)c1. The molecule has 1 N–H and O–H groups in total. The third-order valence-electron chi connectivity index (χ3n) is 3.55. The summed E-state index contributed by atoms with van der Waals surface area (Å²) < 4.78 is 38.8. The minimum absolute atomic E-state index is 0.102. The van der Waals surface area contributed by atoms with Gasteiger partial charge in [0.2, 0.25) is 0 Å². The van der Waals surface area contributed by atoms with E-state index in [1.807, 2.05) is 6.07 Å². The topological polar surface area (TPSA) is 37.8 Å². The fourth-order valence-corrected chi connectivity index (χ4v) is 2.59. The van der Waals surface area contributed by atoms with Crippen molar-refractivity contribution >= 4 is 17.4 Å². The van der Waals surface area contributed by atoms with Gasteiger partial charge in [-0.05, 0) is 42.0 Å². The maximum atomic E-state index is 12.9. The van der Waals surface area contributed by atoms with Crippen LogP contribution in [0.4, 0.5) is 19.0 Å². The van der Waals surface area contributed by atoms with Crippen LogP contribution < -0.4 is 5.32 Å². The van der Waals surface area contributed by atoms with Crippen LogP contribution in [0.1, 0.15) is 22.9 Å². The van der Waals surface area contributed by atoms with Crippen molar-refractivity contribution in [3.05, 3.63) is 88.8 Å². The molecule has 0 aliphatic carbocycles. The van der Waals surface area contributed by atoms with Gasteiger partial charge in [0.05, 0.1) is 17.3 Å². The fraction of sp³-hybridized carbons (Fsp3) is 0.111. The lowest BCUT2D eigenvalue weighted by Gasteiger charge is -2.20. The number of alkyl halides is 3. The predicted octanol–water partition coefficient (Wildman–Crippen LogP) is 5.35. The van der Waals surface area contributed by atoms with Crippen molar-refractivity contribution in [2.24, 2.45) is 0 Å². The molecule has 1 aromatic carbocycles. The Bertz CT molecular complexity index is 853. The molecule has 0 fully saturated rings. The molecule has 2 aromatic heterocycles. The van der Waals surface area contributed by atoms with Crippen LogP contribution in [-0.2, 0) is 6.18 Å². The average Bonchev–Trinajstić information content (AvgIpc) is 2.60. The zero-order valence-corrected chi connectivity index (χ0v) is 13.6. The zero-order chi connectivity index (χ0) is 17.9. The molecule has 1 unspecified atom stereocenters. The highest BCUT2D eigenvalue weighted by atomic mass is 35.5. The molecule has 0 aliphatic rings. The van der Waals surface area contributed by atoms with Gasteiger partial charge in [0.25, 0.3) is 0 Å². The van der Waals surface area contributed by atoms with Crippen molar-refractivity contribution in [3.8, 4) is 0 Å². The Hall–Kier alpha value is -2.60. The van der Waals surface area contributed by atoms with Crippen molar-refractivity contribution in [2.75, 3.05) is 5.32 Å². The number of pyridine rings is 2. The molecule has 1 atom stereocenters. The second-order valence-corrected chi connectivity index (χ2v) is 5.75. The van der Waals surface area contributed by atoms with E-state index in [1.165, 1.54) is 0 Å². The van der Waals surface area contributed by atoms with Crippen molar-refractivity contribution in [3.63, 3.8) is 0 Å². The standard InChI is InChI=1S/C18H13ClF3N3/c19-14-5-3-4-12(10-14)17(15-6-1-2-8-23-15)25-16-11-13(7-9-24-16)18(20,21)22/h1-11,17H,(H,24,25). The minimum atomic E-state index is -4.43. The maximum absolute atomic E-state index is 12.9. The van der Waals surface area contributed by atoms with Gasteiger partial charge in [-0.1, -0.05) is 29.8 Å². The van der Waals surface area contributed by atoms with E-state index in [9.17, 15) is 13.2 Å². The molecular weight excluding hydrogens is 351 g/mol. The number of aromatic nitrogens is 2. The summed E-state index contributed by atoms with van der Waals surface area (Å²) in [6, 6.07) is 13.8. The van der Waals surface area contributed by atoms with Crippen LogP contribution in [0.3, 0.4) is 0 Å². The smallest absolute Gasteiger partial charge is 0.358 e. The van der Waals surface area contributed by atoms with Crippen LogP contribution in [0.5, 0.6) is 0 Å².